The van der Waals surface area contributed by atoms with Gasteiger partial charge in [-0.3, -0.25) is 9.59 Å². The van der Waals surface area contributed by atoms with Crippen LogP contribution in [-0.2, 0) is 6.54 Å². The van der Waals surface area contributed by atoms with Crippen LogP contribution < -0.4 is 15.2 Å². The zero-order valence-corrected chi connectivity index (χ0v) is 18.7. The Morgan fingerprint density at radius 1 is 0.906 bits per heavy atom. The lowest BCUT2D eigenvalue weighted by molar-refractivity contribution is 0.0984. The van der Waals surface area contributed by atoms with Gasteiger partial charge in [-0.2, -0.15) is 0 Å². The molecule has 1 heterocycles. The van der Waals surface area contributed by atoms with Gasteiger partial charge in [0.1, 0.15) is 5.75 Å². The van der Waals surface area contributed by atoms with Gasteiger partial charge < -0.3 is 14.6 Å². The molecule has 1 amide bonds. The molecular formula is C27H26N2O3. The summed E-state index contributed by atoms with van der Waals surface area (Å²) < 4.78 is 5.30. The summed E-state index contributed by atoms with van der Waals surface area (Å²) in [6, 6.07) is 20.7. The number of para-hydroxylation sites is 1. The van der Waals surface area contributed by atoms with Gasteiger partial charge in [0.15, 0.2) is 0 Å². The summed E-state index contributed by atoms with van der Waals surface area (Å²) >= 11 is 0. The van der Waals surface area contributed by atoms with Crippen molar-refractivity contribution in [2.75, 3.05) is 12.0 Å². The van der Waals surface area contributed by atoms with E-state index in [-0.39, 0.29) is 18.0 Å². The average molecular weight is 427 g/mol. The number of ether oxygens (including phenoxy) is 1. The third-order valence-electron chi connectivity index (χ3n) is 5.86. The van der Waals surface area contributed by atoms with Crippen molar-refractivity contribution in [2.45, 2.75) is 27.3 Å². The van der Waals surface area contributed by atoms with E-state index < -0.39 is 0 Å². The number of aryl methyl sites for hydroxylation is 3. The molecule has 0 aliphatic rings. The van der Waals surface area contributed by atoms with Crippen LogP contribution in [0.4, 0.5) is 5.69 Å². The van der Waals surface area contributed by atoms with Gasteiger partial charge in [-0.15, -0.1) is 0 Å². The van der Waals surface area contributed by atoms with Crippen LogP contribution in [0.15, 0.2) is 71.5 Å². The molecule has 0 saturated heterocycles. The van der Waals surface area contributed by atoms with E-state index in [2.05, 4.69) is 4.98 Å². The van der Waals surface area contributed by atoms with E-state index in [4.69, 9.17) is 4.74 Å². The molecule has 5 heteroatoms. The number of rotatable bonds is 5. The lowest BCUT2D eigenvalue weighted by Gasteiger charge is -2.24. The van der Waals surface area contributed by atoms with Crippen LogP contribution in [0.1, 0.15) is 32.6 Å². The Kier molecular flexibility index (Phi) is 5.82. The second-order valence-electron chi connectivity index (χ2n) is 8.05. The molecular weight excluding hydrogens is 400 g/mol. The zero-order chi connectivity index (χ0) is 22.8. The SMILES string of the molecule is COc1cccc(C(=O)N(Cc2cc3cccc(C)c3[nH]c2=O)c2ccc(C)c(C)c2)c1. The van der Waals surface area contributed by atoms with E-state index in [0.717, 1.165) is 33.3 Å². The van der Waals surface area contributed by atoms with Crippen molar-refractivity contribution in [1.82, 2.24) is 4.98 Å². The van der Waals surface area contributed by atoms with E-state index in [1.54, 1.807) is 36.3 Å². The summed E-state index contributed by atoms with van der Waals surface area (Å²) in [5.74, 6) is 0.408. The summed E-state index contributed by atoms with van der Waals surface area (Å²) in [5.41, 5.74) is 5.61. The highest BCUT2D eigenvalue weighted by molar-refractivity contribution is 6.06. The molecule has 0 unspecified atom stereocenters. The number of aromatic nitrogens is 1. The van der Waals surface area contributed by atoms with Gasteiger partial charge in [0.2, 0.25) is 0 Å². The van der Waals surface area contributed by atoms with E-state index in [0.29, 0.717) is 16.9 Å². The molecule has 5 nitrogen and oxygen atoms in total. The van der Waals surface area contributed by atoms with Crippen LogP contribution in [0.2, 0.25) is 0 Å². The fourth-order valence-electron chi connectivity index (χ4n) is 3.80. The summed E-state index contributed by atoms with van der Waals surface area (Å²) in [5, 5.41) is 0.938. The lowest BCUT2D eigenvalue weighted by atomic mass is 10.1. The van der Waals surface area contributed by atoms with E-state index in [1.807, 2.05) is 63.2 Å². The molecule has 1 N–H and O–H groups in total. The number of hydrogen-bond acceptors (Lipinski definition) is 3. The van der Waals surface area contributed by atoms with Gasteiger partial charge in [-0.05, 0) is 79.2 Å². The van der Waals surface area contributed by atoms with Crippen molar-refractivity contribution < 1.29 is 9.53 Å². The minimum Gasteiger partial charge on any atom is -0.497 e. The van der Waals surface area contributed by atoms with Crippen molar-refractivity contribution in [2.24, 2.45) is 0 Å². The highest BCUT2D eigenvalue weighted by Gasteiger charge is 2.21. The van der Waals surface area contributed by atoms with Gasteiger partial charge in [0.25, 0.3) is 11.5 Å². The Labute approximate surface area is 187 Å². The number of fused-ring (bicyclic) bond motifs is 1. The third-order valence-corrected chi connectivity index (χ3v) is 5.86. The molecule has 4 aromatic rings. The maximum absolute atomic E-state index is 13.6. The summed E-state index contributed by atoms with van der Waals surface area (Å²) in [4.78, 5) is 31.2. The van der Waals surface area contributed by atoms with Crippen molar-refractivity contribution in [3.63, 3.8) is 0 Å². The quantitative estimate of drug-likeness (QED) is 0.470. The van der Waals surface area contributed by atoms with Gasteiger partial charge >= 0.3 is 0 Å². The Hall–Kier alpha value is -3.86. The molecule has 0 saturated carbocycles. The van der Waals surface area contributed by atoms with Crippen molar-refractivity contribution in [3.8, 4) is 5.75 Å². The number of amides is 1. The number of anilines is 1. The molecule has 3 aromatic carbocycles. The zero-order valence-electron chi connectivity index (χ0n) is 18.7. The second kappa shape index (κ2) is 8.71. The predicted molar refractivity (Wildman–Crippen MR) is 129 cm³/mol. The number of methoxy groups -OCH3 is 1. The van der Waals surface area contributed by atoms with Crippen LogP contribution in [0, 0.1) is 20.8 Å². The Bertz CT molecular complexity index is 1370. The molecule has 0 fully saturated rings. The van der Waals surface area contributed by atoms with Gasteiger partial charge in [0.05, 0.1) is 19.2 Å². The Morgan fingerprint density at radius 3 is 2.44 bits per heavy atom. The first-order valence-corrected chi connectivity index (χ1v) is 10.5. The molecule has 0 aliphatic heterocycles. The number of hydrogen-bond donors (Lipinski definition) is 1. The molecule has 0 radical (unpaired) electrons. The van der Waals surface area contributed by atoms with E-state index >= 15 is 0 Å². The maximum Gasteiger partial charge on any atom is 0.258 e. The topological polar surface area (TPSA) is 62.4 Å². The number of nitrogens with one attached hydrogen (secondary N) is 1. The summed E-state index contributed by atoms with van der Waals surface area (Å²) in [6.45, 7) is 6.16. The van der Waals surface area contributed by atoms with Gasteiger partial charge in [-0.25, -0.2) is 0 Å². The molecule has 0 atom stereocenters. The molecule has 0 bridgehead atoms. The minimum absolute atomic E-state index is 0.151. The van der Waals surface area contributed by atoms with Crippen LogP contribution >= 0.6 is 0 Å². The highest BCUT2D eigenvalue weighted by Crippen LogP contribution is 2.25. The molecule has 4 rings (SSSR count). The first-order chi connectivity index (χ1) is 15.4. The lowest BCUT2D eigenvalue weighted by Crippen LogP contribution is -2.33. The summed E-state index contributed by atoms with van der Waals surface area (Å²) in [6.07, 6.45) is 0. The normalized spacial score (nSPS) is 10.9. The molecule has 0 spiro atoms. The fraction of sp³-hybridized carbons (Fsp3) is 0.185. The fourth-order valence-corrected chi connectivity index (χ4v) is 3.80. The van der Waals surface area contributed by atoms with Crippen LogP contribution in [0.25, 0.3) is 10.9 Å². The number of benzene rings is 3. The second-order valence-corrected chi connectivity index (χ2v) is 8.05. The predicted octanol–water partition coefficient (Wildman–Crippen LogP) is 5.31. The summed E-state index contributed by atoms with van der Waals surface area (Å²) in [7, 11) is 1.57. The number of aromatic amines is 1. The largest absolute Gasteiger partial charge is 0.497 e. The number of carbonyl (C=O) groups excluding carboxylic acids is 1. The molecule has 162 valence electrons. The monoisotopic (exact) mass is 426 g/mol. The first kappa shape index (κ1) is 21.4. The van der Waals surface area contributed by atoms with Crippen molar-refractivity contribution in [3.05, 3.63) is 105 Å². The number of pyridine rings is 1. The smallest absolute Gasteiger partial charge is 0.258 e. The maximum atomic E-state index is 13.6. The van der Waals surface area contributed by atoms with Crippen LogP contribution in [-0.4, -0.2) is 18.0 Å². The van der Waals surface area contributed by atoms with Gasteiger partial charge in [-0.1, -0.05) is 30.3 Å². The molecule has 0 aliphatic carbocycles. The van der Waals surface area contributed by atoms with Crippen molar-refractivity contribution in [1.29, 1.82) is 0 Å². The minimum atomic E-state index is -0.198. The highest BCUT2D eigenvalue weighted by atomic mass is 16.5. The molecule has 1 aromatic heterocycles. The number of H-pyrrole nitrogens is 1. The molecule has 32 heavy (non-hydrogen) atoms. The first-order valence-electron chi connectivity index (χ1n) is 10.5. The van der Waals surface area contributed by atoms with E-state index in [9.17, 15) is 9.59 Å². The van der Waals surface area contributed by atoms with Crippen molar-refractivity contribution >= 4 is 22.5 Å². The van der Waals surface area contributed by atoms with E-state index in [1.165, 1.54) is 0 Å². The number of nitrogens with zero attached hydrogens (tertiary/aromatic N) is 1. The van der Waals surface area contributed by atoms with Crippen LogP contribution in [0.3, 0.4) is 0 Å². The van der Waals surface area contributed by atoms with Gasteiger partial charge in [0, 0.05) is 16.8 Å². The standard InChI is InChI=1S/C27H26N2O3/c1-17-11-12-23(13-19(17)3)29(27(31)21-9-6-10-24(15-21)32-4)16-22-14-20-8-5-7-18(2)25(20)28-26(22)30/h5-15H,16H2,1-4H3,(H,28,30). The Balaban J connectivity index is 1.81. The third kappa shape index (κ3) is 4.14. The van der Waals surface area contributed by atoms with Crippen LogP contribution in [0.5, 0.6) is 5.75 Å². The Morgan fingerprint density at radius 2 is 1.69 bits per heavy atom. The number of carbonyl (C=O) groups is 1. The average Bonchev–Trinajstić information content (AvgIpc) is 2.80.